The molecule has 2 aromatic carbocycles. The summed E-state index contributed by atoms with van der Waals surface area (Å²) >= 11 is 0. The molecule has 1 aliphatic rings. The van der Waals surface area contributed by atoms with E-state index in [9.17, 15) is 14.7 Å². The average molecular weight is 509 g/mol. The van der Waals surface area contributed by atoms with Crippen LogP contribution >= 0.6 is 0 Å². The van der Waals surface area contributed by atoms with E-state index in [0.717, 1.165) is 37.1 Å². The van der Waals surface area contributed by atoms with Gasteiger partial charge in [-0.3, -0.25) is 9.59 Å². The zero-order valence-electron chi connectivity index (χ0n) is 23.0. The molecule has 1 heterocycles. The maximum atomic E-state index is 13.4. The Bertz CT molecular complexity index is 1150. The normalized spacial score (nSPS) is 17.1. The van der Waals surface area contributed by atoms with Crippen LogP contribution in [0.3, 0.4) is 0 Å². The van der Waals surface area contributed by atoms with Gasteiger partial charge in [-0.05, 0) is 62.7 Å². The van der Waals surface area contributed by atoms with Crippen LogP contribution in [0.1, 0.15) is 61.9 Å². The van der Waals surface area contributed by atoms with Gasteiger partial charge >= 0.3 is 0 Å². The molecule has 3 rings (SSSR count). The van der Waals surface area contributed by atoms with E-state index in [1.807, 2.05) is 44.2 Å². The highest BCUT2D eigenvalue weighted by Gasteiger charge is 2.46. The number of unbranched alkanes of at least 4 members (excludes halogenated alkanes) is 1. The number of benzene rings is 2. The van der Waals surface area contributed by atoms with Gasteiger partial charge in [0.15, 0.2) is 11.5 Å². The molecule has 1 N–H and O–H groups in total. The van der Waals surface area contributed by atoms with Crippen LogP contribution in [0.2, 0.25) is 0 Å². The van der Waals surface area contributed by atoms with E-state index in [4.69, 9.17) is 9.47 Å². The molecule has 0 saturated carbocycles. The molecular formula is C30H40N2O5. The Balaban J connectivity index is 2.14. The highest BCUT2D eigenvalue weighted by atomic mass is 16.5. The van der Waals surface area contributed by atoms with E-state index in [2.05, 4.69) is 25.7 Å². The van der Waals surface area contributed by atoms with Crippen LogP contribution in [0, 0.1) is 13.8 Å². The van der Waals surface area contributed by atoms with Crippen molar-refractivity contribution in [3.8, 4) is 11.5 Å². The van der Waals surface area contributed by atoms with Crippen molar-refractivity contribution < 1.29 is 24.2 Å². The van der Waals surface area contributed by atoms with Crippen LogP contribution in [-0.4, -0.2) is 66.5 Å². The summed E-state index contributed by atoms with van der Waals surface area (Å²) in [6.07, 6.45) is 1.94. The Labute approximate surface area is 220 Å². The molecule has 0 spiro atoms. The molecule has 7 heteroatoms. The number of aliphatic hydroxyl groups is 1. The molecule has 1 atom stereocenters. The number of methoxy groups -OCH3 is 1. The van der Waals surface area contributed by atoms with E-state index >= 15 is 0 Å². The number of ether oxygens (including phenoxy) is 2. The van der Waals surface area contributed by atoms with Gasteiger partial charge in [0.05, 0.1) is 25.3 Å². The Kier molecular flexibility index (Phi) is 9.75. The summed E-state index contributed by atoms with van der Waals surface area (Å²) in [7, 11) is 1.57. The second kappa shape index (κ2) is 12.8. The van der Waals surface area contributed by atoms with E-state index in [0.29, 0.717) is 42.3 Å². The number of aliphatic hydroxyl groups excluding tert-OH is 1. The van der Waals surface area contributed by atoms with Gasteiger partial charge in [-0.15, -0.1) is 0 Å². The summed E-state index contributed by atoms with van der Waals surface area (Å²) in [5.74, 6) is -0.308. The largest absolute Gasteiger partial charge is 0.507 e. The molecule has 7 nitrogen and oxygen atoms in total. The maximum Gasteiger partial charge on any atom is 0.295 e. The molecule has 200 valence electrons. The number of carbonyl (C=O) groups excluding carboxylic acids is 2. The predicted octanol–water partition coefficient (Wildman–Crippen LogP) is 5.25. The van der Waals surface area contributed by atoms with Gasteiger partial charge in [0.25, 0.3) is 11.7 Å². The van der Waals surface area contributed by atoms with E-state index in [1.54, 1.807) is 18.1 Å². The number of hydrogen-bond acceptors (Lipinski definition) is 6. The molecule has 1 aliphatic heterocycles. The van der Waals surface area contributed by atoms with Crippen LogP contribution in [0.4, 0.5) is 0 Å². The Morgan fingerprint density at radius 2 is 1.76 bits per heavy atom. The number of likely N-dealkylation sites (tertiary alicyclic amines) is 1. The monoisotopic (exact) mass is 508 g/mol. The molecule has 0 aromatic heterocycles. The van der Waals surface area contributed by atoms with Gasteiger partial charge in [-0.1, -0.05) is 51.0 Å². The van der Waals surface area contributed by atoms with Crippen molar-refractivity contribution in [1.82, 2.24) is 9.80 Å². The Morgan fingerprint density at radius 1 is 1.03 bits per heavy atom. The first-order valence-electron chi connectivity index (χ1n) is 13.2. The summed E-state index contributed by atoms with van der Waals surface area (Å²) in [6.45, 7) is 13.3. The molecule has 0 bridgehead atoms. The SMILES string of the molecule is CCCCOc1ccc(C2C(=C(O)c3cc(C)ccc3C)C(=O)C(=O)N2CCN(CC)CC)cc1OC. The second-order valence-corrected chi connectivity index (χ2v) is 9.45. The average Bonchev–Trinajstić information content (AvgIpc) is 3.15. The number of Topliss-reactive ketones (excluding diaryl/α,β-unsaturated/α-hetero) is 1. The highest BCUT2D eigenvalue weighted by molar-refractivity contribution is 6.46. The fourth-order valence-electron chi connectivity index (χ4n) is 4.68. The Hall–Kier alpha value is -3.32. The zero-order valence-corrected chi connectivity index (χ0v) is 23.0. The first-order chi connectivity index (χ1) is 17.8. The van der Waals surface area contributed by atoms with E-state index in [-0.39, 0.29) is 11.3 Å². The van der Waals surface area contributed by atoms with Gasteiger partial charge < -0.3 is 24.4 Å². The smallest absolute Gasteiger partial charge is 0.295 e. The minimum atomic E-state index is -0.742. The van der Waals surface area contributed by atoms with E-state index < -0.39 is 17.7 Å². The number of hydrogen-bond donors (Lipinski definition) is 1. The fraction of sp³-hybridized carbons (Fsp3) is 0.467. The first kappa shape index (κ1) is 28.3. The van der Waals surface area contributed by atoms with Crippen LogP contribution in [-0.2, 0) is 9.59 Å². The highest BCUT2D eigenvalue weighted by Crippen LogP contribution is 2.42. The van der Waals surface area contributed by atoms with Crippen molar-refractivity contribution in [2.24, 2.45) is 0 Å². The van der Waals surface area contributed by atoms with Crippen molar-refractivity contribution in [3.05, 3.63) is 64.2 Å². The quantitative estimate of drug-likeness (QED) is 0.182. The minimum absolute atomic E-state index is 0.0972. The number of carbonyl (C=O) groups is 2. The van der Waals surface area contributed by atoms with E-state index in [1.165, 1.54) is 0 Å². The number of ketones is 1. The van der Waals surface area contributed by atoms with Crippen molar-refractivity contribution >= 4 is 17.4 Å². The molecule has 1 unspecified atom stereocenters. The second-order valence-electron chi connectivity index (χ2n) is 9.45. The topological polar surface area (TPSA) is 79.3 Å². The zero-order chi connectivity index (χ0) is 27.1. The van der Waals surface area contributed by atoms with Crippen molar-refractivity contribution in [2.45, 2.75) is 53.5 Å². The van der Waals surface area contributed by atoms with Crippen molar-refractivity contribution in [2.75, 3.05) is 39.9 Å². The molecule has 37 heavy (non-hydrogen) atoms. The van der Waals surface area contributed by atoms with Gasteiger partial charge in [-0.25, -0.2) is 0 Å². The lowest BCUT2D eigenvalue weighted by Gasteiger charge is -2.28. The lowest BCUT2D eigenvalue weighted by atomic mass is 9.93. The van der Waals surface area contributed by atoms with Crippen molar-refractivity contribution in [1.29, 1.82) is 0 Å². The third-order valence-electron chi connectivity index (χ3n) is 7.00. The molecule has 1 fully saturated rings. The number of rotatable bonds is 12. The fourth-order valence-corrected chi connectivity index (χ4v) is 4.68. The molecular weight excluding hydrogens is 468 g/mol. The standard InChI is InChI=1S/C30H40N2O5/c1-7-10-17-37-24-14-13-22(19-25(24)36-6)27-26(28(33)23-18-20(4)11-12-21(23)5)29(34)30(35)32(27)16-15-31(8-2)9-3/h11-14,18-19,27,33H,7-10,15-17H2,1-6H3. The van der Waals surface area contributed by atoms with Crippen LogP contribution in [0.5, 0.6) is 11.5 Å². The van der Waals surface area contributed by atoms with Crippen LogP contribution in [0.15, 0.2) is 42.0 Å². The first-order valence-corrected chi connectivity index (χ1v) is 13.2. The lowest BCUT2D eigenvalue weighted by Crippen LogP contribution is -2.38. The van der Waals surface area contributed by atoms with Gasteiger partial charge in [0, 0.05) is 18.7 Å². The predicted molar refractivity (Wildman–Crippen MR) is 146 cm³/mol. The van der Waals surface area contributed by atoms with Gasteiger partial charge in [0.2, 0.25) is 0 Å². The molecule has 0 aliphatic carbocycles. The number of likely N-dealkylation sites (N-methyl/N-ethyl adjacent to an activating group) is 1. The van der Waals surface area contributed by atoms with Crippen LogP contribution in [0.25, 0.3) is 5.76 Å². The third kappa shape index (κ3) is 6.16. The van der Waals surface area contributed by atoms with Crippen molar-refractivity contribution in [3.63, 3.8) is 0 Å². The summed E-state index contributed by atoms with van der Waals surface area (Å²) in [4.78, 5) is 30.5. The number of amides is 1. The molecule has 1 saturated heterocycles. The summed E-state index contributed by atoms with van der Waals surface area (Å²) in [5.41, 5.74) is 3.12. The molecule has 0 radical (unpaired) electrons. The third-order valence-corrected chi connectivity index (χ3v) is 7.00. The number of nitrogens with zero attached hydrogens (tertiary/aromatic N) is 2. The lowest BCUT2D eigenvalue weighted by molar-refractivity contribution is -0.140. The Morgan fingerprint density at radius 3 is 2.41 bits per heavy atom. The maximum absolute atomic E-state index is 13.4. The summed E-state index contributed by atoms with van der Waals surface area (Å²) < 4.78 is 11.5. The molecule has 2 aromatic rings. The van der Waals surface area contributed by atoms with Gasteiger partial charge in [0.1, 0.15) is 5.76 Å². The molecule has 1 amide bonds. The van der Waals surface area contributed by atoms with Crippen LogP contribution < -0.4 is 9.47 Å². The number of aryl methyl sites for hydroxylation is 2. The summed E-state index contributed by atoms with van der Waals surface area (Å²) in [5, 5.41) is 11.5. The minimum Gasteiger partial charge on any atom is -0.507 e. The summed E-state index contributed by atoms with van der Waals surface area (Å²) in [6, 6.07) is 10.4. The van der Waals surface area contributed by atoms with Gasteiger partial charge in [-0.2, -0.15) is 0 Å².